The molecule has 2 aromatic rings. The predicted molar refractivity (Wildman–Crippen MR) is 71.3 cm³/mol. The van der Waals surface area contributed by atoms with Crippen molar-refractivity contribution in [2.24, 2.45) is 0 Å². The van der Waals surface area contributed by atoms with Crippen LogP contribution >= 0.6 is 0 Å². The smallest absolute Gasteiger partial charge is 0.310 e. The fourth-order valence-electron chi connectivity index (χ4n) is 1.91. The molecule has 19 heavy (non-hydrogen) atoms. The number of nitrogens with zero attached hydrogens (tertiary/aromatic N) is 1. The number of rotatable bonds is 2. The summed E-state index contributed by atoms with van der Waals surface area (Å²) in [7, 11) is 0. The Balaban J connectivity index is 2.34. The van der Waals surface area contributed by atoms with Gasteiger partial charge in [0.05, 0.1) is 6.42 Å². The molecule has 0 saturated heterocycles. The largest absolute Gasteiger partial charge is 0.460 e. The van der Waals surface area contributed by atoms with E-state index in [0.29, 0.717) is 10.9 Å². The van der Waals surface area contributed by atoms with Gasteiger partial charge in [-0.15, -0.1) is 0 Å². The molecule has 0 atom stereocenters. The minimum absolute atomic E-state index is 0.0789. The molecule has 2 rings (SSSR count). The average molecular weight is 261 g/mol. The highest BCUT2D eigenvalue weighted by Gasteiger charge is 2.19. The fraction of sp³-hybridized carbons (Fsp3) is 0.333. The summed E-state index contributed by atoms with van der Waals surface area (Å²) in [5, 5.41) is 1.50. The molecule has 1 heterocycles. The van der Waals surface area contributed by atoms with Crippen molar-refractivity contribution in [1.82, 2.24) is 4.98 Å². The Bertz CT molecular complexity index is 617. The summed E-state index contributed by atoms with van der Waals surface area (Å²) in [6, 6.07) is 4.71. The van der Waals surface area contributed by atoms with E-state index in [2.05, 4.69) is 4.98 Å². The monoisotopic (exact) mass is 261 g/mol. The molecule has 0 aliphatic rings. The standard InChI is InChI=1S/C15H16FNO2/c1-15(2,3)19-14(18)8-12-11-6-7-17-9-10(11)4-5-13(12)16/h4-7,9H,8H2,1-3H3. The molecular formula is C15H16FNO2. The van der Waals surface area contributed by atoms with Crippen LogP contribution in [-0.4, -0.2) is 16.6 Å². The lowest BCUT2D eigenvalue weighted by atomic mass is 10.0. The van der Waals surface area contributed by atoms with Crippen LogP contribution in [0.3, 0.4) is 0 Å². The summed E-state index contributed by atoms with van der Waals surface area (Å²) >= 11 is 0. The van der Waals surface area contributed by atoms with Gasteiger partial charge in [0.2, 0.25) is 0 Å². The number of esters is 1. The predicted octanol–water partition coefficient (Wildman–Crippen LogP) is 3.26. The van der Waals surface area contributed by atoms with Crippen LogP contribution in [0.25, 0.3) is 10.8 Å². The molecular weight excluding hydrogens is 245 g/mol. The quantitative estimate of drug-likeness (QED) is 0.779. The van der Waals surface area contributed by atoms with E-state index < -0.39 is 17.4 Å². The van der Waals surface area contributed by atoms with E-state index in [0.717, 1.165) is 5.39 Å². The van der Waals surface area contributed by atoms with Gasteiger partial charge in [-0.3, -0.25) is 9.78 Å². The minimum atomic E-state index is -0.570. The number of carbonyl (C=O) groups excluding carboxylic acids is 1. The first-order chi connectivity index (χ1) is 8.87. The SMILES string of the molecule is CC(C)(C)OC(=O)Cc1c(F)ccc2cnccc12. The molecule has 1 aromatic carbocycles. The van der Waals surface area contributed by atoms with E-state index in [1.807, 2.05) is 0 Å². The second-order valence-corrected chi connectivity index (χ2v) is 5.39. The number of pyridine rings is 1. The molecule has 0 bridgehead atoms. The first kappa shape index (κ1) is 13.5. The second-order valence-electron chi connectivity index (χ2n) is 5.39. The lowest BCUT2D eigenvalue weighted by Gasteiger charge is -2.19. The molecule has 3 nitrogen and oxygen atoms in total. The third-order valence-electron chi connectivity index (χ3n) is 2.62. The maximum atomic E-state index is 13.9. The fourth-order valence-corrected chi connectivity index (χ4v) is 1.91. The molecule has 0 radical (unpaired) electrons. The van der Waals surface area contributed by atoms with Crippen molar-refractivity contribution in [3.63, 3.8) is 0 Å². The van der Waals surface area contributed by atoms with Crippen LogP contribution in [0.15, 0.2) is 30.6 Å². The number of halogens is 1. The Morgan fingerprint density at radius 2 is 2.05 bits per heavy atom. The van der Waals surface area contributed by atoms with Crippen molar-refractivity contribution in [1.29, 1.82) is 0 Å². The molecule has 100 valence electrons. The van der Waals surface area contributed by atoms with Gasteiger partial charge in [0, 0.05) is 23.3 Å². The van der Waals surface area contributed by atoms with Gasteiger partial charge in [-0.05, 0) is 44.4 Å². The summed E-state index contributed by atoms with van der Waals surface area (Å²) in [6.45, 7) is 5.36. The van der Waals surface area contributed by atoms with Crippen LogP contribution < -0.4 is 0 Å². The highest BCUT2D eigenvalue weighted by Crippen LogP contribution is 2.22. The Labute approximate surface area is 111 Å². The second kappa shape index (κ2) is 4.96. The first-order valence-electron chi connectivity index (χ1n) is 6.10. The average Bonchev–Trinajstić information content (AvgIpc) is 2.31. The van der Waals surface area contributed by atoms with E-state index in [1.165, 1.54) is 6.07 Å². The Morgan fingerprint density at radius 1 is 1.32 bits per heavy atom. The van der Waals surface area contributed by atoms with Crippen molar-refractivity contribution < 1.29 is 13.9 Å². The van der Waals surface area contributed by atoms with Gasteiger partial charge in [-0.2, -0.15) is 0 Å². The number of aromatic nitrogens is 1. The molecule has 0 spiro atoms. The normalized spacial score (nSPS) is 11.6. The van der Waals surface area contributed by atoms with Crippen LogP contribution in [0.5, 0.6) is 0 Å². The zero-order valence-corrected chi connectivity index (χ0v) is 11.2. The van der Waals surface area contributed by atoms with Crippen molar-refractivity contribution in [3.8, 4) is 0 Å². The number of hydrogen-bond acceptors (Lipinski definition) is 3. The highest BCUT2D eigenvalue weighted by molar-refractivity contribution is 5.88. The Kier molecular flexibility index (Phi) is 3.51. The van der Waals surface area contributed by atoms with Crippen LogP contribution in [0.1, 0.15) is 26.3 Å². The van der Waals surface area contributed by atoms with E-state index >= 15 is 0 Å². The number of carbonyl (C=O) groups is 1. The molecule has 4 heteroatoms. The third-order valence-corrected chi connectivity index (χ3v) is 2.62. The molecule has 0 fully saturated rings. The van der Waals surface area contributed by atoms with Crippen LogP contribution in [0, 0.1) is 5.82 Å². The maximum absolute atomic E-state index is 13.9. The number of benzene rings is 1. The van der Waals surface area contributed by atoms with E-state index in [-0.39, 0.29) is 6.42 Å². The van der Waals surface area contributed by atoms with Gasteiger partial charge in [0.25, 0.3) is 0 Å². The summed E-state index contributed by atoms with van der Waals surface area (Å²) in [5.74, 6) is -0.833. The maximum Gasteiger partial charge on any atom is 0.310 e. The first-order valence-corrected chi connectivity index (χ1v) is 6.10. The topological polar surface area (TPSA) is 39.2 Å². The van der Waals surface area contributed by atoms with Crippen LogP contribution in [0.4, 0.5) is 4.39 Å². The Hall–Kier alpha value is -1.97. The Morgan fingerprint density at radius 3 is 2.74 bits per heavy atom. The highest BCUT2D eigenvalue weighted by atomic mass is 19.1. The summed E-state index contributed by atoms with van der Waals surface area (Å²) in [5.41, 5.74) is -0.214. The zero-order valence-electron chi connectivity index (χ0n) is 11.2. The van der Waals surface area contributed by atoms with Gasteiger partial charge in [0.15, 0.2) is 0 Å². The van der Waals surface area contributed by atoms with Gasteiger partial charge in [0.1, 0.15) is 11.4 Å². The van der Waals surface area contributed by atoms with E-state index in [9.17, 15) is 9.18 Å². The van der Waals surface area contributed by atoms with E-state index in [1.54, 1.807) is 45.3 Å². The van der Waals surface area contributed by atoms with Crippen molar-refractivity contribution in [3.05, 3.63) is 42.0 Å². The number of ether oxygens (including phenoxy) is 1. The third kappa shape index (κ3) is 3.28. The summed E-state index contributed by atoms with van der Waals surface area (Å²) < 4.78 is 19.1. The molecule has 0 saturated carbocycles. The molecule has 0 N–H and O–H groups in total. The van der Waals surface area contributed by atoms with Crippen molar-refractivity contribution in [2.75, 3.05) is 0 Å². The number of fused-ring (bicyclic) bond motifs is 1. The van der Waals surface area contributed by atoms with Crippen molar-refractivity contribution in [2.45, 2.75) is 32.8 Å². The molecule has 0 unspecified atom stereocenters. The van der Waals surface area contributed by atoms with Crippen LogP contribution in [0.2, 0.25) is 0 Å². The lowest BCUT2D eigenvalue weighted by molar-refractivity contribution is -0.153. The summed E-state index contributed by atoms with van der Waals surface area (Å²) in [6.07, 6.45) is 3.15. The molecule has 0 amide bonds. The lowest BCUT2D eigenvalue weighted by Crippen LogP contribution is -2.25. The summed E-state index contributed by atoms with van der Waals surface area (Å²) in [4.78, 5) is 15.8. The van der Waals surface area contributed by atoms with E-state index in [4.69, 9.17) is 4.74 Å². The van der Waals surface area contributed by atoms with Gasteiger partial charge in [-0.1, -0.05) is 0 Å². The van der Waals surface area contributed by atoms with Crippen molar-refractivity contribution >= 4 is 16.7 Å². The molecule has 1 aromatic heterocycles. The van der Waals surface area contributed by atoms with Gasteiger partial charge in [-0.25, -0.2) is 4.39 Å². The van der Waals surface area contributed by atoms with Gasteiger partial charge >= 0.3 is 5.97 Å². The zero-order chi connectivity index (χ0) is 14.0. The molecule has 0 aliphatic carbocycles. The van der Waals surface area contributed by atoms with Crippen LogP contribution in [-0.2, 0) is 16.0 Å². The molecule has 0 aliphatic heterocycles. The minimum Gasteiger partial charge on any atom is -0.460 e. The number of hydrogen-bond donors (Lipinski definition) is 0. The van der Waals surface area contributed by atoms with Gasteiger partial charge < -0.3 is 4.74 Å².